The molecule has 2 saturated heterocycles. The minimum absolute atomic E-state index is 0. The number of anilines is 1. The number of ether oxygens (including phenoxy) is 1. The van der Waals surface area contributed by atoms with Gasteiger partial charge in [-0.25, -0.2) is 4.98 Å². The SMILES string of the molecule is CCNC(=NCC1CCCOC1c1ccccc1)N1CCN(c2nc(CC)ns2)CC1.I. The molecule has 1 aromatic heterocycles. The predicted molar refractivity (Wildman–Crippen MR) is 142 cm³/mol. The molecule has 2 unspecified atom stereocenters. The van der Waals surface area contributed by atoms with Crippen molar-refractivity contribution >= 4 is 46.6 Å². The van der Waals surface area contributed by atoms with Crippen molar-refractivity contribution in [3.05, 3.63) is 41.7 Å². The van der Waals surface area contributed by atoms with Gasteiger partial charge in [0.25, 0.3) is 0 Å². The molecule has 1 aromatic carbocycles. The van der Waals surface area contributed by atoms with Gasteiger partial charge in [-0.05, 0) is 25.3 Å². The van der Waals surface area contributed by atoms with Gasteiger partial charge in [0.15, 0.2) is 5.96 Å². The Kier molecular flexibility index (Phi) is 9.98. The van der Waals surface area contributed by atoms with Crippen LogP contribution in [0.3, 0.4) is 0 Å². The van der Waals surface area contributed by atoms with Crippen LogP contribution in [-0.4, -0.2) is 66.1 Å². The van der Waals surface area contributed by atoms with Gasteiger partial charge < -0.3 is 19.9 Å². The summed E-state index contributed by atoms with van der Waals surface area (Å²) < 4.78 is 10.6. The molecule has 0 radical (unpaired) electrons. The van der Waals surface area contributed by atoms with Crippen LogP contribution in [0.2, 0.25) is 0 Å². The minimum Gasteiger partial charge on any atom is -0.373 e. The van der Waals surface area contributed by atoms with Crippen molar-refractivity contribution in [1.82, 2.24) is 19.6 Å². The number of benzene rings is 1. The molecule has 1 N–H and O–H groups in total. The first-order chi connectivity index (χ1) is 15.3. The van der Waals surface area contributed by atoms with E-state index < -0.39 is 0 Å². The molecule has 0 saturated carbocycles. The Balaban J connectivity index is 0.00000289. The predicted octanol–water partition coefficient (Wildman–Crippen LogP) is 3.97. The summed E-state index contributed by atoms with van der Waals surface area (Å²) >= 11 is 1.51. The molecule has 0 bridgehead atoms. The van der Waals surface area contributed by atoms with Gasteiger partial charge >= 0.3 is 0 Å². The van der Waals surface area contributed by atoms with Crippen LogP contribution in [0, 0.1) is 5.92 Å². The Morgan fingerprint density at radius 3 is 2.66 bits per heavy atom. The number of nitrogens with zero attached hydrogens (tertiary/aromatic N) is 5. The summed E-state index contributed by atoms with van der Waals surface area (Å²) in [5.41, 5.74) is 1.27. The molecule has 2 atom stereocenters. The van der Waals surface area contributed by atoms with E-state index in [0.717, 1.165) is 82.1 Å². The van der Waals surface area contributed by atoms with Crippen molar-refractivity contribution in [3.8, 4) is 0 Å². The Morgan fingerprint density at radius 1 is 1.19 bits per heavy atom. The summed E-state index contributed by atoms with van der Waals surface area (Å²) in [7, 11) is 0. The number of nitrogens with one attached hydrogen (secondary N) is 1. The topological polar surface area (TPSA) is 65.9 Å². The monoisotopic (exact) mass is 570 g/mol. The van der Waals surface area contributed by atoms with Crippen LogP contribution in [0.4, 0.5) is 5.13 Å². The van der Waals surface area contributed by atoms with Crippen molar-refractivity contribution in [2.24, 2.45) is 10.9 Å². The molecule has 7 nitrogen and oxygen atoms in total. The number of guanidine groups is 1. The molecule has 0 spiro atoms. The van der Waals surface area contributed by atoms with Crippen LogP contribution in [-0.2, 0) is 11.2 Å². The first-order valence-electron chi connectivity index (χ1n) is 11.6. The molecule has 2 aromatic rings. The van der Waals surface area contributed by atoms with Crippen LogP contribution in [0.1, 0.15) is 44.2 Å². The van der Waals surface area contributed by atoms with Gasteiger partial charge in [0.05, 0.1) is 6.10 Å². The average Bonchev–Trinajstić information content (AvgIpc) is 3.32. The molecule has 0 amide bonds. The highest BCUT2D eigenvalue weighted by molar-refractivity contribution is 14.0. The highest BCUT2D eigenvalue weighted by Gasteiger charge is 2.28. The maximum Gasteiger partial charge on any atom is 0.205 e. The van der Waals surface area contributed by atoms with Crippen LogP contribution in [0.15, 0.2) is 35.3 Å². The number of aryl methyl sites for hydroxylation is 1. The standard InChI is InChI=1S/C23H34N6OS.HI/c1-3-20-26-23(31-27-20)29-14-12-28(13-15-29)22(24-4-2)25-17-19-11-8-16-30-21(19)18-9-6-5-7-10-18;/h5-7,9-10,19,21H,3-4,8,11-17H2,1-2H3,(H,24,25);1H. The fraction of sp³-hybridized carbons (Fsp3) is 0.609. The molecule has 4 rings (SSSR count). The third-order valence-corrected chi connectivity index (χ3v) is 6.82. The van der Waals surface area contributed by atoms with E-state index in [0.29, 0.717) is 5.92 Å². The van der Waals surface area contributed by atoms with Crippen LogP contribution < -0.4 is 10.2 Å². The van der Waals surface area contributed by atoms with E-state index >= 15 is 0 Å². The Hall–Kier alpha value is -1.46. The average molecular weight is 571 g/mol. The van der Waals surface area contributed by atoms with Gasteiger partial charge in [-0.15, -0.1) is 24.0 Å². The van der Waals surface area contributed by atoms with Gasteiger partial charge in [0.1, 0.15) is 5.82 Å². The van der Waals surface area contributed by atoms with Crippen molar-refractivity contribution in [3.63, 3.8) is 0 Å². The number of piperazine rings is 1. The second kappa shape index (κ2) is 12.7. The second-order valence-corrected chi connectivity index (χ2v) is 8.85. The van der Waals surface area contributed by atoms with Crippen molar-refractivity contribution in [1.29, 1.82) is 0 Å². The molecule has 2 aliphatic heterocycles. The molecule has 3 heterocycles. The van der Waals surface area contributed by atoms with E-state index in [4.69, 9.17) is 9.73 Å². The maximum atomic E-state index is 6.17. The summed E-state index contributed by atoms with van der Waals surface area (Å²) in [6, 6.07) is 10.6. The zero-order chi connectivity index (χ0) is 21.5. The second-order valence-electron chi connectivity index (χ2n) is 8.12. The van der Waals surface area contributed by atoms with Gasteiger partial charge in [-0.1, -0.05) is 37.3 Å². The fourth-order valence-electron chi connectivity index (χ4n) is 4.30. The number of rotatable bonds is 6. The normalized spacial score (nSPS) is 21.9. The number of hydrogen-bond donors (Lipinski definition) is 1. The maximum absolute atomic E-state index is 6.17. The molecule has 2 fully saturated rings. The summed E-state index contributed by atoms with van der Waals surface area (Å²) in [5.74, 6) is 2.38. The van der Waals surface area contributed by atoms with Gasteiger partial charge in [-0.2, -0.15) is 4.37 Å². The van der Waals surface area contributed by atoms with Gasteiger partial charge in [0.2, 0.25) is 5.13 Å². The zero-order valence-corrected chi connectivity index (χ0v) is 22.2. The van der Waals surface area contributed by atoms with E-state index in [1.54, 1.807) is 0 Å². The molecule has 0 aliphatic carbocycles. The third kappa shape index (κ3) is 6.32. The van der Waals surface area contributed by atoms with E-state index in [1.165, 1.54) is 17.1 Å². The first kappa shape index (κ1) is 25.2. The lowest BCUT2D eigenvalue weighted by atomic mass is 9.89. The molecule has 176 valence electrons. The number of hydrogen-bond acceptors (Lipinski definition) is 6. The molecule has 32 heavy (non-hydrogen) atoms. The summed E-state index contributed by atoms with van der Waals surface area (Å²) in [6.07, 6.45) is 3.30. The van der Waals surface area contributed by atoms with E-state index in [9.17, 15) is 0 Å². The lowest BCUT2D eigenvalue weighted by molar-refractivity contribution is -0.0250. The van der Waals surface area contributed by atoms with E-state index in [-0.39, 0.29) is 30.1 Å². The molecule has 2 aliphatic rings. The highest BCUT2D eigenvalue weighted by Crippen LogP contribution is 2.33. The number of aliphatic imine (C=N–C) groups is 1. The zero-order valence-electron chi connectivity index (χ0n) is 19.1. The van der Waals surface area contributed by atoms with Crippen molar-refractivity contribution in [2.75, 3.05) is 50.8 Å². The Morgan fingerprint density at radius 2 is 1.97 bits per heavy atom. The van der Waals surface area contributed by atoms with Crippen molar-refractivity contribution < 1.29 is 4.74 Å². The quantitative estimate of drug-likeness (QED) is 0.322. The molecular formula is C23H35IN6OS. The Labute approximate surface area is 212 Å². The fourth-order valence-corrected chi connectivity index (χ4v) is 5.10. The molecular weight excluding hydrogens is 535 g/mol. The van der Waals surface area contributed by atoms with E-state index in [2.05, 4.69) is 68.7 Å². The summed E-state index contributed by atoms with van der Waals surface area (Å²) in [5, 5.41) is 4.55. The van der Waals surface area contributed by atoms with Crippen LogP contribution in [0.5, 0.6) is 0 Å². The van der Waals surface area contributed by atoms with E-state index in [1.807, 2.05) is 0 Å². The lowest BCUT2D eigenvalue weighted by Gasteiger charge is -2.37. The third-order valence-electron chi connectivity index (χ3n) is 6.01. The van der Waals surface area contributed by atoms with Crippen LogP contribution in [0.25, 0.3) is 0 Å². The largest absolute Gasteiger partial charge is 0.373 e. The lowest BCUT2D eigenvalue weighted by Crippen LogP contribution is -2.52. The van der Waals surface area contributed by atoms with Gasteiger partial charge in [-0.3, -0.25) is 4.99 Å². The minimum atomic E-state index is 0. The van der Waals surface area contributed by atoms with Crippen LogP contribution >= 0.6 is 35.5 Å². The molecule has 9 heteroatoms. The first-order valence-corrected chi connectivity index (χ1v) is 12.3. The number of halogens is 1. The summed E-state index contributed by atoms with van der Waals surface area (Å²) in [4.78, 5) is 14.4. The van der Waals surface area contributed by atoms with Crippen molar-refractivity contribution in [2.45, 2.75) is 39.2 Å². The Bertz CT molecular complexity index is 840. The number of aromatic nitrogens is 2. The van der Waals surface area contributed by atoms with Gasteiger partial charge in [0, 0.05) is 69.7 Å². The smallest absolute Gasteiger partial charge is 0.205 e. The summed E-state index contributed by atoms with van der Waals surface area (Å²) in [6.45, 7) is 10.5. The highest BCUT2D eigenvalue weighted by atomic mass is 127.